The molecule has 0 radical (unpaired) electrons. The van der Waals surface area contributed by atoms with E-state index in [0.717, 1.165) is 5.56 Å². The zero-order valence-electron chi connectivity index (χ0n) is 17.3. The van der Waals surface area contributed by atoms with Gasteiger partial charge in [-0.15, -0.1) is 0 Å². The van der Waals surface area contributed by atoms with Crippen LogP contribution in [0.2, 0.25) is 5.02 Å². The molecule has 1 unspecified atom stereocenters. The van der Waals surface area contributed by atoms with Crippen molar-refractivity contribution in [3.8, 4) is 0 Å². The third-order valence-corrected chi connectivity index (χ3v) is 8.42. The number of benzene rings is 3. The minimum atomic E-state index is -4.09. The number of sulfone groups is 1. The fourth-order valence-corrected chi connectivity index (χ4v) is 6.19. The van der Waals surface area contributed by atoms with Gasteiger partial charge in [0.2, 0.25) is 19.9 Å². The molecule has 1 N–H and O–H groups in total. The fourth-order valence-electron chi connectivity index (χ4n) is 3.12. The van der Waals surface area contributed by atoms with E-state index in [-0.39, 0.29) is 19.7 Å². The zero-order chi connectivity index (χ0) is 23.4. The molecule has 0 spiro atoms. The normalized spacial score (nSPS) is 13.5. The number of allylic oxidation sites excluding steroid dienone is 2. The summed E-state index contributed by atoms with van der Waals surface area (Å²) in [5.74, 6) is 0. The van der Waals surface area contributed by atoms with Crippen molar-refractivity contribution in [2.75, 3.05) is 0 Å². The summed E-state index contributed by atoms with van der Waals surface area (Å²) in [6.07, 6.45) is 2.60. The van der Waals surface area contributed by atoms with Gasteiger partial charge in [-0.25, -0.2) is 16.8 Å². The van der Waals surface area contributed by atoms with Gasteiger partial charge in [-0.3, -0.25) is 0 Å². The van der Waals surface area contributed by atoms with Crippen molar-refractivity contribution >= 4 is 31.5 Å². The Morgan fingerprint density at radius 3 is 2.06 bits per heavy atom. The topological polar surface area (TPSA) is 80.3 Å². The fraction of sp³-hybridized carbons (Fsp3) is 0.0833. The highest BCUT2D eigenvalue weighted by Gasteiger charge is 2.33. The van der Waals surface area contributed by atoms with Crippen molar-refractivity contribution in [1.29, 1.82) is 0 Å². The third kappa shape index (κ3) is 5.19. The van der Waals surface area contributed by atoms with Gasteiger partial charge in [-0.2, -0.15) is 4.72 Å². The second-order valence-electron chi connectivity index (χ2n) is 7.01. The zero-order valence-corrected chi connectivity index (χ0v) is 19.7. The van der Waals surface area contributed by atoms with E-state index in [1.165, 1.54) is 36.4 Å². The Hall–Kier alpha value is -2.71. The standard InChI is InChI=1S/C24H22ClNO4S2/c1-3-9-23(31(27,28)19-16-14-18(2)15-17-19)24(21-12-7-8-13-22(21)25)26-32(29,30)20-10-5-4-6-11-20/h3-17,24,26H,1H2,2H3/b23-9+. The summed E-state index contributed by atoms with van der Waals surface area (Å²) in [6.45, 7) is 5.47. The van der Waals surface area contributed by atoms with Gasteiger partial charge in [0, 0.05) is 5.02 Å². The Morgan fingerprint density at radius 2 is 1.47 bits per heavy atom. The van der Waals surface area contributed by atoms with Crippen molar-refractivity contribution < 1.29 is 16.8 Å². The minimum absolute atomic E-state index is 0.00254. The van der Waals surface area contributed by atoms with Crippen LogP contribution in [0.15, 0.2) is 112 Å². The van der Waals surface area contributed by atoms with E-state index in [9.17, 15) is 16.8 Å². The molecular formula is C24H22ClNO4S2. The molecule has 0 saturated carbocycles. The van der Waals surface area contributed by atoms with E-state index < -0.39 is 25.9 Å². The van der Waals surface area contributed by atoms with Crippen LogP contribution in [0.1, 0.15) is 17.2 Å². The Labute approximate surface area is 194 Å². The van der Waals surface area contributed by atoms with Crippen LogP contribution >= 0.6 is 11.6 Å². The van der Waals surface area contributed by atoms with Crippen molar-refractivity contribution in [3.63, 3.8) is 0 Å². The molecule has 0 heterocycles. The van der Waals surface area contributed by atoms with E-state index >= 15 is 0 Å². The molecule has 0 aliphatic rings. The summed E-state index contributed by atoms with van der Waals surface area (Å²) in [4.78, 5) is -0.154. The van der Waals surface area contributed by atoms with E-state index in [2.05, 4.69) is 11.3 Å². The van der Waals surface area contributed by atoms with Crippen LogP contribution in [0.3, 0.4) is 0 Å². The molecule has 0 bridgehead atoms. The Balaban J connectivity index is 2.21. The molecule has 8 heteroatoms. The lowest BCUT2D eigenvalue weighted by Crippen LogP contribution is -2.32. The van der Waals surface area contributed by atoms with E-state index in [0.29, 0.717) is 5.56 Å². The second kappa shape index (κ2) is 9.83. The summed E-state index contributed by atoms with van der Waals surface area (Å²) in [5, 5.41) is 0.224. The Morgan fingerprint density at radius 1 is 0.875 bits per heavy atom. The highest BCUT2D eigenvalue weighted by atomic mass is 35.5. The molecule has 0 aromatic heterocycles. The Bertz CT molecular complexity index is 1350. The predicted molar refractivity (Wildman–Crippen MR) is 128 cm³/mol. The van der Waals surface area contributed by atoms with Crippen molar-refractivity contribution in [1.82, 2.24) is 4.72 Å². The molecule has 3 aromatic rings. The van der Waals surface area contributed by atoms with E-state index in [4.69, 9.17) is 11.6 Å². The summed E-state index contributed by atoms with van der Waals surface area (Å²) in [6, 6.07) is 19.3. The van der Waals surface area contributed by atoms with Crippen molar-refractivity contribution in [2.45, 2.75) is 22.8 Å². The van der Waals surface area contributed by atoms with Gasteiger partial charge < -0.3 is 0 Å². The molecule has 5 nitrogen and oxygen atoms in total. The van der Waals surface area contributed by atoms with Crippen LogP contribution in [0.5, 0.6) is 0 Å². The molecule has 3 rings (SSSR count). The van der Waals surface area contributed by atoms with Gasteiger partial charge in [-0.05, 0) is 48.9 Å². The molecule has 0 fully saturated rings. The van der Waals surface area contributed by atoms with E-state index in [1.807, 2.05) is 6.92 Å². The van der Waals surface area contributed by atoms with E-state index in [1.54, 1.807) is 54.6 Å². The number of halogens is 1. The van der Waals surface area contributed by atoms with Crippen LogP contribution in [-0.4, -0.2) is 16.8 Å². The number of aryl methyl sites for hydroxylation is 1. The van der Waals surface area contributed by atoms with Crippen LogP contribution < -0.4 is 4.72 Å². The summed E-state index contributed by atoms with van der Waals surface area (Å²) in [7, 11) is -8.18. The third-order valence-electron chi connectivity index (χ3n) is 4.75. The first-order chi connectivity index (χ1) is 15.2. The van der Waals surface area contributed by atoms with Crippen LogP contribution in [0.25, 0.3) is 0 Å². The lowest BCUT2D eigenvalue weighted by atomic mass is 10.1. The smallest absolute Gasteiger partial charge is 0.219 e. The monoisotopic (exact) mass is 487 g/mol. The molecule has 1 atom stereocenters. The maximum atomic E-state index is 13.6. The van der Waals surface area contributed by atoms with Crippen molar-refractivity contribution in [2.24, 2.45) is 0 Å². The van der Waals surface area contributed by atoms with Gasteiger partial charge in [0.05, 0.1) is 20.7 Å². The number of nitrogens with one attached hydrogen (secondary N) is 1. The first-order valence-corrected chi connectivity index (χ1v) is 13.0. The molecule has 32 heavy (non-hydrogen) atoms. The molecule has 3 aromatic carbocycles. The SMILES string of the molecule is C=C/C=C(\C(NS(=O)(=O)c1ccccc1)c1ccccc1Cl)S(=O)(=O)c1ccc(C)cc1. The summed E-state index contributed by atoms with van der Waals surface area (Å²) < 4.78 is 56.0. The average molecular weight is 488 g/mol. The van der Waals surface area contributed by atoms with Gasteiger partial charge in [-0.1, -0.05) is 78.4 Å². The van der Waals surface area contributed by atoms with Gasteiger partial charge in [0.15, 0.2) is 0 Å². The maximum Gasteiger partial charge on any atom is 0.241 e. The number of hydrogen-bond donors (Lipinski definition) is 1. The number of sulfonamides is 1. The maximum absolute atomic E-state index is 13.6. The molecule has 0 saturated heterocycles. The predicted octanol–water partition coefficient (Wildman–Crippen LogP) is 5.21. The molecule has 0 amide bonds. The largest absolute Gasteiger partial charge is 0.241 e. The second-order valence-corrected chi connectivity index (χ2v) is 11.1. The van der Waals surface area contributed by atoms with Gasteiger partial charge in [0.25, 0.3) is 0 Å². The Kier molecular flexibility index (Phi) is 7.36. The first-order valence-electron chi connectivity index (χ1n) is 9.63. The van der Waals surface area contributed by atoms with Gasteiger partial charge >= 0.3 is 0 Å². The highest BCUT2D eigenvalue weighted by molar-refractivity contribution is 7.95. The summed E-state index contributed by atoms with van der Waals surface area (Å²) in [5.41, 5.74) is 1.20. The molecule has 0 aliphatic heterocycles. The molecule has 166 valence electrons. The quantitative estimate of drug-likeness (QED) is 0.442. The number of rotatable bonds is 8. The minimum Gasteiger partial charge on any atom is -0.219 e. The highest BCUT2D eigenvalue weighted by Crippen LogP contribution is 2.35. The van der Waals surface area contributed by atoms with Crippen LogP contribution in [0.4, 0.5) is 0 Å². The van der Waals surface area contributed by atoms with Crippen LogP contribution in [-0.2, 0) is 19.9 Å². The lowest BCUT2D eigenvalue weighted by molar-refractivity contribution is 0.569. The number of hydrogen-bond acceptors (Lipinski definition) is 4. The van der Waals surface area contributed by atoms with Crippen molar-refractivity contribution in [3.05, 3.63) is 119 Å². The van der Waals surface area contributed by atoms with Crippen LogP contribution in [0, 0.1) is 6.92 Å². The molecular weight excluding hydrogens is 466 g/mol. The molecule has 0 aliphatic carbocycles. The summed E-state index contributed by atoms with van der Waals surface area (Å²) >= 11 is 6.37. The lowest BCUT2D eigenvalue weighted by Gasteiger charge is -2.23. The first kappa shape index (κ1) is 23.9. The van der Waals surface area contributed by atoms with Gasteiger partial charge in [0.1, 0.15) is 0 Å². The average Bonchev–Trinajstić information content (AvgIpc) is 2.77.